The lowest BCUT2D eigenvalue weighted by atomic mass is 10.1. The highest BCUT2D eigenvalue weighted by atomic mass is 19.1. The molecule has 0 aliphatic heterocycles. The van der Waals surface area contributed by atoms with Crippen molar-refractivity contribution in [3.8, 4) is 17.4 Å². The molecule has 0 saturated heterocycles. The molecule has 1 aromatic heterocycles. The maximum absolute atomic E-state index is 14.1. The summed E-state index contributed by atoms with van der Waals surface area (Å²) in [4.78, 5) is 16.2. The average Bonchev–Trinajstić information content (AvgIpc) is 2.59. The Morgan fingerprint density at radius 1 is 1.00 bits per heavy atom. The van der Waals surface area contributed by atoms with Gasteiger partial charge in [-0.05, 0) is 37.3 Å². The Labute approximate surface area is 138 Å². The van der Waals surface area contributed by atoms with E-state index in [0.29, 0.717) is 5.56 Å². The number of nitrogens with zero attached hydrogens (tertiary/aromatic N) is 1. The molecule has 0 radical (unpaired) electrons. The lowest BCUT2D eigenvalue weighted by Crippen LogP contribution is -2.09. The molecule has 0 atom stereocenters. The van der Waals surface area contributed by atoms with Crippen LogP contribution >= 0.6 is 0 Å². The number of carbonyl (C=O) groups is 1. The monoisotopic (exact) mass is 323 g/mol. The van der Waals surface area contributed by atoms with Crippen LogP contribution in [0.3, 0.4) is 0 Å². The largest absolute Gasteiger partial charge is 0.432 e. The van der Waals surface area contributed by atoms with Gasteiger partial charge in [0.2, 0.25) is 11.6 Å². The molecule has 2 aromatic carbocycles. The molecule has 0 spiro atoms. The number of benzene rings is 2. The Hall–Kier alpha value is -3.21. The van der Waals surface area contributed by atoms with E-state index >= 15 is 0 Å². The summed E-state index contributed by atoms with van der Waals surface area (Å²) in [7, 11) is 0. The molecule has 1 heterocycles. The van der Waals surface area contributed by atoms with Gasteiger partial charge in [-0.1, -0.05) is 29.8 Å². The molecular weight excluding hydrogens is 309 g/mol. The predicted octanol–water partition coefficient (Wildman–Crippen LogP) is 4.54. The van der Waals surface area contributed by atoms with Crippen LogP contribution in [0.15, 0.2) is 66.9 Å². The number of carbonyl (C=O) groups excluding carboxylic acids is 1. The van der Waals surface area contributed by atoms with E-state index in [-0.39, 0.29) is 17.4 Å². The quantitative estimate of drug-likeness (QED) is 0.522. The maximum atomic E-state index is 14.1. The van der Waals surface area contributed by atoms with Crippen LogP contribution in [0.1, 0.15) is 15.9 Å². The second-order valence-corrected chi connectivity index (χ2v) is 5.09. The number of hydrogen-bond acceptors (Lipinski definition) is 4. The van der Waals surface area contributed by atoms with E-state index in [1.807, 2.05) is 6.92 Å². The lowest BCUT2D eigenvalue weighted by molar-refractivity contribution is 0.0729. The molecule has 3 aromatic rings. The zero-order valence-electron chi connectivity index (χ0n) is 12.9. The number of rotatable bonds is 4. The number of ether oxygens (including phenoxy) is 2. The maximum Gasteiger partial charge on any atom is 0.343 e. The Morgan fingerprint density at radius 2 is 1.79 bits per heavy atom. The summed E-state index contributed by atoms with van der Waals surface area (Å²) in [5.41, 5.74) is 1.39. The van der Waals surface area contributed by atoms with Crippen molar-refractivity contribution in [3.05, 3.63) is 83.8 Å². The number of aromatic nitrogens is 1. The van der Waals surface area contributed by atoms with E-state index in [2.05, 4.69) is 4.98 Å². The van der Waals surface area contributed by atoms with Crippen LogP contribution in [0.2, 0.25) is 0 Å². The third-order valence-electron chi connectivity index (χ3n) is 3.27. The third-order valence-corrected chi connectivity index (χ3v) is 3.27. The summed E-state index contributed by atoms with van der Waals surface area (Å²) in [5.74, 6) is -1.22. The summed E-state index contributed by atoms with van der Waals surface area (Å²) in [6.07, 6.45) is 1.52. The topological polar surface area (TPSA) is 48.4 Å². The first kappa shape index (κ1) is 15.7. The van der Waals surface area contributed by atoms with Crippen LogP contribution in [-0.4, -0.2) is 11.0 Å². The van der Waals surface area contributed by atoms with E-state index in [9.17, 15) is 9.18 Å². The Kier molecular flexibility index (Phi) is 4.52. The fourth-order valence-corrected chi connectivity index (χ4v) is 2.03. The normalized spacial score (nSPS) is 10.2. The first-order valence-corrected chi connectivity index (χ1v) is 7.30. The SMILES string of the molecule is Cc1ccc(C(=O)Oc2cccc(F)c2Oc2ccccn2)cc1. The van der Waals surface area contributed by atoms with E-state index in [0.717, 1.165) is 5.56 Å². The van der Waals surface area contributed by atoms with Crippen molar-refractivity contribution in [2.75, 3.05) is 0 Å². The van der Waals surface area contributed by atoms with E-state index in [4.69, 9.17) is 9.47 Å². The highest BCUT2D eigenvalue weighted by molar-refractivity contribution is 5.91. The number of aryl methyl sites for hydroxylation is 1. The highest BCUT2D eigenvalue weighted by Gasteiger charge is 2.17. The van der Waals surface area contributed by atoms with Crippen molar-refractivity contribution < 1.29 is 18.7 Å². The molecule has 120 valence electrons. The molecule has 0 amide bonds. The minimum absolute atomic E-state index is 0.00812. The molecule has 5 heteroatoms. The van der Waals surface area contributed by atoms with Gasteiger partial charge in [-0.25, -0.2) is 14.2 Å². The van der Waals surface area contributed by atoms with Gasteiger partial charge in [-0.3, -0.25) is 0 Å². The number of halogens is 1. The van der Waals surface area contributed by atoms with Gasteiger partial charge in [0, 0.05) is 12.3 Å². The van der Waals surface area contributed by atoms with Crippen LogP contribution < -0.4 is 9.47 Å². The number of pyridine rings is 1. The molecule has 4 nitrogen and oxygen atoms in total. The van der Waals surface area contributed by atoms with E-state index < -0.39 is 11.8 Å². The Bertz CT molecular complexity index is 848. The van der Waals surface area contributed by atoms with Crippen LogP contribution in [0, 0.1) is 12.7 Å². The van der Waals surface area contributed by atoms with E-state index in [1.54, 1.807) is 42.5 Å². The Morgan fingerprint density at radius 3 is 2.50 bits per heavy atom. The fourth-order valence-electron chi connectivity index (χ4n) is 2.03. The first-order valence-electron chi connectivity index (χ1n) is 7.30. The van der Waals surface area contributed by atoms with Gasteiger partial charge < -0.3 is 9.47 Å². The molecule has 0 N–H and O–H groups in total. The fraction of sp³-hybridized carbons (Fsp3) is 0.0526. The van der Waals surface area contributed by atoms with Gasteiger partial charge in [0.15, 0.2) is 11.6 Å². The van der Waals surface area contributed by atoms with E-state index in [1.165, 1.54) is 24.4 Å². The van der Waals surface area contributed by atoms with Crippen LogP contribution in [0.5, 0.6) is 17.4 Å². The van der Waals surface area contributed by atoms with Crippen LogP contribution in [0.25, 0.3) is 0 Å². The van der Waals surface area contributed by atoms with Crippen molar-refractivity contribution in [2.45, 2.75) is 6.92 Å². The molecule has 3 rings (SSSR count). The summed E-state index contributed by atoms with van der Waals surface area (Å²) in [6, 6.07) is 16.0. The van der Waals surface area contributed by atoms with Crippen molar-refractivity contribution in [1.29, 1.82) is 0 Å². The summed E-state index contributed by atoms with van der Waals surface area (Å²) in [6.45, 7) is 1.92. The second kappa shape index (κ2) is 6.91. The number of para-hydroxylation sites is 1. The van der Waals surface area contributed by atoms with Crippen LogP contribution in [-0.2, 0) is 0 Å². The van der Waals surface area contributed by atoms with Gasteiger partial charge in [0.05, 0.1) is 5.56 Å². The van der Waals surface area contributed by atoms with Crippen molar-refractivity contribution in [1.82, 2.24) is 4.98 Å². The van der Waals surface area contributed by atoms with Gasteiger partial charge in [-0.2, -0.15) is 0 Å². The second-order valence-electron chi connectivity index (χ2n) is 5.09. The van der Waals surface area contributed by atoms with Crippen LogP contribution in [0.4, 0.5) is 4.39 Å². The first-order chi connectivity index (χ1) is 11.6. The molecule has 0 unspecified atom stereocenters. The molecule has 0 saturated carbocycles. The molecule has 0 bridgehead atoms. The van der Waals surface area contributed by atoms with Gasteiger partial charge in [0.25, 0.3) is 0 Å². The standard InChI is InChI=1S/C19H14FNO3/c1-13-8-10-14(11-9-13)19(22)23-16-6-4-5-15(20)18(16)24-17-7-2-3-12-21-17/h2-12H,1H3. The molecule has 0 fully saturated rings. The number of hydrogen-bond donors (Lipinski definition) is 0. The smallest absolute Gasteiger partial charge is 0.343 e. The highest BCUT2D eigenvalue weighted by Crippen LogP contribution is 2.33. The molecule has 0 aliphatic rings. The number of esters is 1. The Balaban J connectivity index is 1.86. The zero-order valence-corrected chi connectivity index (χ0v) is 12.9. The van der Waals surface area contributed by atoms with Crippen molar-refractivity contribution in [3.63, 3.8) is 0 Å². The summed E-state index contributed by atoms with van der Waals surface area (Å²) >= 11 is 0. The molecular formula is C19H14FNO3. The van der Waals surface area contributed by atoms with Crippen molar-refractivity contribution in [2.24, 2.45) is 0 Å². The van der Waals surface area contributed by atoms with Gasteiger partial charge in [-0.15, -0.1) is 0 Å². The molecule has 24 heavy (non-hydrogen) atoms. The third kappa shape index (κ3) is 3.57. The minimum Gasteiger partial charge on any atom is -0.432 e. The van der Waals surface area contributed by atoms with Gasteiger partial charge >= 0.3 is 5.97 Å². The zero-order chi connectivity index (χ0) is 16.9. The summed E-state index contributed by atoms with van der Waals surface area (Å²) < 4.78 is 24.8. The lowest BCUT2D eigenvalue weighted by Gasteiger charge is -2.11. The van der Waals surface area contributed by atoms with Gasteiger partial charge in [0.1, 0.15) is 0 Å². The average molecular weight is 323 g/mol. The minimum atomic E-state index is -0.644. The predicted molar refractivity (Wildman–Crippen MR) is 86.8 cm³/mol. The summed E-state index contributed by atoms with van der Waals surface area (Å²) in [5, 5.41) is 0. The van der Waals surface area contributed by atoms with Crippen molar-refractivity contribution >= 4 is 5.97 Å². The molecule has 0 aliphatic carbocycles.